The van der Waals surface area contributed by atoms with Crippen LogP contribution in [-0.4, -0.2) is 20.0 Å². The van der Waals surface area contributed by atoms with Gasteiger partial charge in [-0.1, -0.05) is 36.4 Å². The van der Waals surface area contributed by atoms with Crippen LogP contribution in [0.1, 0.15) is 27.0 Å². The van der Waals surface area contributed by atoms with E-state index in [2.05, 4.69) is 0 Å². The molecule has 0 aliphatic heterocycles. The van der Waals surface area contributed by atoms with Gasteiger partial charge >= 0.3 is 0 Å². The Kier molecular flexibility index (Phi) is 4.85. The third-order valence-electron chi connectivity index (χ3n) is 4.77. The third-order valence-corrected chi connectivity index (χ3v) is 4.77. The van der Waals surface area contributed by atoms with Gasteiger partial charge in [0.1, 0.15) is 23.9 Å². The summed E-state index contributed by atoms with van der Waals surface area (Å²) in [7, 11) is 3.22. The Labute approximate surface area is 164 Å². The second-order valence-electron chi connectivity index (χ2n) is 6.44. The summed E-state index contributed by atoms with van der Waals surface area (Å²) >= 11 is 0. The van der Waals surface area contributed by atoms with Gasteiger partial charge in [0.05, 0.1) is 19.8 Å². The number of rotatable bonds is 6. The summed E-state index contributed by atoms with van der Waals surface area (Å²) in [4.78, 5) is 12.7. The first-order valence-corrected chi connectivity index (χ1v) is 9.00. The van der Waals surface area contributed by atoms with Crippen molar-refractivity contribution in [3.05, 3.63) is 95.1 Å². The highest BCUT2D eigenvalue weighted by Crippen LogP contribution is 2.42. The van der Waals surface area contributed by atoms with E-state index in [1.54, 1.807) is 26.4 Å². The molecule has 3 aromatic carbocycles. The average molecular weight is 372 g/mol. The van der Waals surface area contributed by atoms with Crippen molar-refractivity contribution < 1.29 is 19.0 Å². The number of fused-ring (bicyclic) bond motifs is 1. The molecule has 0 spiro atoms. The van der Waals surface area contributed by atoms with Crippen LogP contribution in [0.2, 0.25) is 0 Å². The summed E-state index contributed by atoms with van der Waals surface area (Å²) in [5.41, 5.74) is 4.11. The number of methoxy groups -OCH3 is 2. The lowest BCUT2D eigenvalue weighted by Crippen LogP contribution is -1.99. The number of benzene rings is 3. The van der Waals surface area contributed by atoms with Crippen LogP contribution in [0.4, 0.5) is 0 Å². The monoisotopic (exact) mass is 372 g/mol. The van der Waals surface area contributed by atoms with Crippen molar-refractivity contribution in [3.8, 4) is 17.2 Å². The fraction of sp³-hybridized carbons (Fsp3) is 0.125. The number of carbonyl (C=O) groups is 1. The Balaban J connectivity index is 1.66. The second-order valence-corrected chi connectivity index (χ2v) is 6.44. The summed E-state index contributed by atoms with van der Waals surface area (Å²) in [6, 6.07) is 21.1. The molecule has 1 aliphatic carbocycles. The minimum absolute atomic E-state index is 0.0527. The number of ketones is 1. The fourth-order valence-corrected chi connectivity index (χ4v) is 3.40. The molecule has 0 unspecified atom stereocenters. The molecule has 0 fully saturated rings. The number of ether oxygens (including phenoxy) is 3. The Bertz CT molecular complexity index is 1030. The molecular weight excluding hydrogens is 352 g/mol. The maximum absolute atomic E-state index is 12.7. The number of hydrogen-bond acceptors (Lipinski definition) is 4. The molecule has 0 heterocycles. The van der Waals surface area contributed by atoms with Gasteiger partial charge in [0.25, 0.3) is 0 Å². The zero-order chi connectivity index (χ0) is 19.5. The van der Waals surface area contributed by atoms with Gasteiger partial charge < -0.3 is 14.2 Å². The van der Waals surface area contributed by atoms with E-state index in [1.165, 1.54) is 0 Å². The second kappa shape index (κ2) is 7.61. The lowest BCUT2D eigenvalue weighted by molar-refractivity contribution is 0.104. The van der Waals surface area contributed by atoms with Gasteiger partial charge in [0.15, 0.2) is 5.78 Å². The smallest absolute Gasteiger partial charge is 0.187 e. The van der Waals surface area contributed by atoms with E-state index in [-0.39, 0.29) is 5.78 Å². The standard InChI is InChI=1S/C24H20O4/c1-26-22-9-6-10-23(27-2)24(22)20-14-21(25)19-13-17(11-12-18(19)20)28-15-16-7-4-3-5-8-16/h3-14H,15H2,1-2H3. The molecule has 0 atom stereocenters. The lowest BCUT2D eigenvalue weighted by atomic mass is 9.97. The van der Waals surface area contributed by atoms with Gasteiger partial charge in [-0.3, -0.25) is 4.79 Å². The highest BCUT2D eigenvalue weighted by Gasteiger charge is 2.27. The summed E-state index contributed by atoms with van der Waals surface area (Å²) in [6.45, 7) is 0.453. The van der Waals surface area contributed by atoms with Crippen molar-refractivity contribution in [2.45, 2.75) is 6.61 Å². The maximum Gasteiger partial charge on any atom is 0.187 e. The van der Waals surface area contributed by atoms with Gasteiger partial charge in [0, 0.05) is 11.1 Å². The molecule has 0 bridgehead atoms. The van der Waals surface area contributed by atoms with Gasteiger partial charge in [-0.25, -0.2) is 0 Å². The van der Waals surface area contributed by atoms with Crippen molar-refractivity contribution in [3.63, 3.8) is 0 Å². The quantitative estimate of drug-likeness (QED) is 0.617. The molecule has 0 N–H and O–H groups in total. The van der Waals surface area contributed by atoms with E-state index in [1.807, 2.05) is 60.7 Å². The van der Waals surface area contributed by atoms with Gasteiger partial charge in [-0.15, -0.1) is 0 Å². The normalized spacial score (nSPS) is 12.4. The van der Waals surface area contributed by atoms with E-state index >= 15 is 0 Å². The molecule has 0 saturated heterocycles. The van der Waals surface area contributed by atoms with Gasteiger partial charge in [0.2, 0.25) is 0 Å². The Morgan fingerprint density at radius 3 is 2.18 bits per heavy atom. The molecule has 1 aliphatic rings. The highest BCUT2D eigenvalue weighted by molar-refractivity contribution is 6.19. The third kappa shape index (κ3) is 3.25. The molecule has 0 saturated carbocycles. The Morgan fingerprint density at radius 2 is 1.50 bits per heavy atom. The van der Waals surface area contributed by atoms with Gasteiger partial charge in [-0.2, -0.15) is 0 Å². The number of carbonyl (C=O) groups excluding carboxylic acids is 1. The molecule has 4 nitrogen and oxygen atoms in total. The molecule has 140 valence electrons. The van der Waals surface area contributed by atoms with Crippen LogP contribution in [-0.2, 0) is 6.61 Å². The molecule has 4 rings (SSSR count). The molecular formula is C24H20O4. The van der Waals surface area contributed by atoms with Crippen LogP contribution in [0, 0.1) is 0 Å². The van der Waals surface area contributed by atoms with Gasteiger partial charge in [-0.05, 0) is 47.5 Å². The molecule has 28 heavy (non-hydrogen) atoms. The van der Waals surface area contributed by atoms with Crippen molar-refractivity contribution in [1.29, 1.82) is 0 Å². The van der Waals surface area contributed by atoms with Crippen molar-refractivity contribution >= 4 is 11.4 Å². The van der Waals surface area contributed by atoms with Crippen molar-refractivity contribution in [1.82, 2.24) is 0 Å². The van der Waals surface area contributed by atoms with Crippen LogP contribution in [0.5, 0.6) is 17.2 Å². The van der Waals surface area contributed by atoms with E-state index in [0.29, 0.717) is 29.4 Å². The first-order valence-electron chi connectivity index (χ1n) is 9.00. The Hall–Kier alpha value is -3.53. The fourth-order valence-electron chi connectivity index (χ4n) is 3.40. The highest BCUT2D eigenvalue weighted by atomic mass is 16.5. The van der Waals surface area contributed by atoms with Crippen LogP contribution in [0.15, 0.2) is 72.8 Å². The summed E-state index contributed by atoms with van der Waals surface area (Å²) < 4.78 is 16.9. The largest absolute Gasteiger partial charge is 0.496 e. The summed E-state index contributed by atoms with van der Waals surface area (Å²) in [6.07, 6.45) is 1.63. The molecule has 4 heteroatoms. The van der Waals surface area contributed by atoms with Crippen LogP contribution in [0.3, 0.4) is 0 Å². The molecule has 0 aromatic heterocycles. The predicted molar refractivity (Wildman–Crippen MR) is 108 cm³/mol. The number of allylic oxidation sites excluding steroid dienone is 1. The average Bonchev–Trinajstić information content (AvgIpc) is 3.08. The van der Waals surface area contributed by atoms with Crippen LogP contribution < -0.4 is 14.2 Å². The van der Waals surface area contributed by atoms with E-state index in [9.17, 15) is 4.79 Å². The van der Waals surface area contributed by atoms with E-state index < -0.39 is 0 Å². The topological polar surface area (TPSA) is 44.8 Å². The van der Waals surface area contributed by atoms with Crippen LogP contribution >= 0.6 is 0 Å². The molecule has 0 amide bonds. The van der Waals surface area contributed by atoms with E-state index in [4.69, 9.17) is 14.2 Å². The van der Waals surface area contributed by atoms with Crippen LogP contribution in [0.25, 0.3) is 5.57 Å². The minimum Gasteiger partial charge on any atom is -0.496 e. The predicted octanol–water partition coefficient (Wildman–Crippen LogP) is 4.91. The van der Waals surface area contributed by atoms with Crippen molar-refractivity contribution in [2.75, 3.05) is 14.2 Å². The minimum atomic E-state index is -0.0527. The zero-order valence-electron chi connectivity index (χ0n) is 15.8. The lowest BCUT2D eigenvalue weighted by Gasteiger charge is -2.15. The number of hydrogen-bond donors (Lipinski definition) is 0. The first-order chi connectivity index (χ1) is 13.7. The zero-order valence-corrected chi connectivity index (χ0v) is 15.8. The SMILES string of the molecule is COc1cccc(OC)c1C1=CC(=O)c2cc(OCc3ccccc3)ccc21. The maximum atomic E-state index is 12.7. The first kappa shape index (κ1) is 17.9. The van der Waals surface area contributed by atoms with E-state index in [0.717, 1.165) is 22.3 Å². The molecule has 0 radical (unpaired) electrons. The molecule has 3 aromatic rings. The summed E-state index contributed by atoms with van der Waals surface area (Å²) in [5.74, 6) is 1.94. The Morgan fingerprint density at radius 1 is 0.786 bits per heavy atom. The summed E-state index contributed by atoms with van der Waals surface area (Å²) in [5, 5.41) is 0. The van der Waals surface area contributed by atoms with Crippen molar-refractivity contribution in [2.24, 2.45) is 0 Å².